The van der Waals surface area contributed by atoms with Gasteiger partial charge in [0, 0.05) is 0 Å². The third kappa shape index (κ3) is 4.43. The fourth-order valence-electron chi connectivity index (χ4n) is 2.57. The predicted molar refractivity (Wildman–Crippen MR) is 93.4 cm³/mol. The number of ether oxygens (including phenoxy) is 1. The van der Waals surface area contributed by atoms with Crippen LogP contribution in [-0.2, 0) is 11.3 Å². The van der Waals surface area contributed by atoms with Crippen LogP contribution in [-0.4, -0.2) is 27.5 Å². The topological polar surface area (TPSA) is 86.1 Å². The maximum absolute atomic E-state index is 12.4. The van der Waals surface area contributed by atoms with Gasteiger partial charge < -0.3 is 10.1 Å². The maximum atomic E-state index is 12.4. The Morgan fingerprint density at radius 3 is 2.59 bits per heavy atom. The zero-order valence-corrected chi connectivity index (χ0v) is 14.3. The van der Waals surface area contributed by atoms with Crippen molar-refractivity contribution in [2.75, 3.05) is 0 Å². The van der Waals surface area contributed by atoms with E-state index in [1.54, 1.807) is 43.3 Å². The van der Waals surface area contributed by atoms with Crippen LogP contribution in [0.25, 0.3) is 10.9 Å². The molecule has 3 aromatic rings. The summed E-state index contributed by atoms with van der Waals surface area (Å²) in [6.07, 6.45) is 0. The maximum Gasteiger partial charge on any atom is 0.387 e. The molecule has 1 unspecified atom stereocenters. The van der Waals surface area contributed by atoms with E-state index < -0.39 is 24.1 Å². The molecule has 0 aliphatic rings. The van der Waals surface area contributed by atoms with Crippen molar-refractivity contribution in [3.05, 3.63) is 64.4 Å². The van der Waals surface area contributed by atoms with E-state index in [1.807, 2.05) is 0 Å². The fourth-order valence-corrected chi connectivity index (χ4v) is 2.57. The second kappa shape index (κ2) is 7.90. The largest absolute Gasteiger partial charge is 0.435 e. The summed E-state index contributed by atoms with van der Waals surface area (Å²) in [4.78, 5) is 24.6. The third-order valence-corrected chi connectivity index (χ3v) is 3.91. The minimum Gasteiger partial charge on any atom is -0.435 e. The lowest BCUT2D eigenvalue weighted by molar-refractivity contribution is -0.122. The van der Waals surface area contributed by atoms with Crippen molar-refractivity contribution in [3.63, 3.8) is 0 Å². The lowest BCUT2D eigenvalue weighted by Gasteiger charge is -2.15. The third-order valence-electron chi connectivity index (χ3n) is 3.91. The van der Waals surface area contributed by atoms with Crippen molar-refractivity contribution >= 4 is 16.8 Å². The molecule has 0 radical (unpaired) electrons. The van der Waals surface area contributed by atoms with E-state index in [1.165, 1.54) is 12.1 Å². The van der Waals surface area contributed by atoms with E-state index in [9.17, 15) is 18.4 Å². The monoisotopic (exact) mass is 374 g/mol. The molecule has 3 rings (SSSR count). The van der Waals surface area contributed by atoms with Gasteiger partial charge in [-0.25, -0.2) is 4.68 Å². The van der Waals surface area contributed by atoms with Gasteiger partial charge in [-0.1, -0.05) is 29.5 Å². The van der Waals surface area contributed by atoms with E-state index in [0.29, 0.717) is 16.5 Å². The Labute approximate surface area is 152 Å². The highest BCUT2D eigenvalue weighted by Gasteiger charge is 2.13. The summed E-state index contributed by atoms with van der Waals surface area (Å²) in [5, 5.41) is 10.8. The molecule has 0 saturated carbocycles. The minimum atomic E-state index is -2.89. The van der Waals surface area contributed by atoms with Crippen molar-refractivity contribution < 1.29 is 18.3 Å². The molecular formula is C18H16F2N4O3. The first-order chi connectivity index (χ1) is 12.9. The molecule has 0 fully saturated rings. The number of carbonyl (C=O) groups excluding carboxylic acids is 1. The summed E-state index contributed by atoms with van der Waals surface area (Å²) in [6, 6.07) is 12.3. The number of hydrogen-bond donors (Lipinski definition) is 1. The zero-order chi connectivity index (χ0) is 19.4. The van der Waals surface area contributed by atoms with Crippen LogP contribution in [0.15, 0.2) is 53.3 Å². The standard InChI is InChI=1S/C18H16F2N4O3/c1-11(12-6-8-13(9-7-12)27-18(19)20)21-16(25)10-24-17(26)14-4-2-3-5-15(14)22-23-24/h2-9,11,18H,10H2,1H3,(H,21,25). The van der Waals surface area contributed by atoms with Crippen LogP contribution in [0.5, 0.6) is 5.75 Å². The second-order valence-electron chi connectivity index (χ2n) is 5.81. The van der Waals surface area contributed by atoms with Crippen LogP contribution in [0.4, 0.5) is 8.78 Å². The van der Waals surface area contributed by atoms with Gasteiger partial charge in [-0.2, -0.15) is 8.78 Å². The summed E-state index contributed by atoms with van der Waals surface area (Å²) < 4.78 is 29.6. The number of halogens is 2. The molecule has 0 saturated heterocycles. The molecule has 0 aliphatic carbocycles. The minimum absolute atomic E-state index is 0.0327. The van der Waals surface area contributed by atoms with E-state index >= 15 is 0 Å². The van der Waals surface area contributed by atoms with Gasteiger partial charge in [-0.05, 0) is 36.8 Å². The van der Waals surface area contributed by atoms with Gasteiger partial charge in [-0.15, -0.1) is 5.10 Å². The molecule has 1 heterocycles. The van der Waals surface area contributed by atoms with Crippen LogP contribution in [0, 0.1) is 0 Å². The molecule has 0 aliphatic heterocycles. The molecule has 2 aromatic carbocycles. The van der Waals surface area contributed by atoms with Crippen LogP contribution in [0.3, 0.4) is 0 Å². The molecule has 0 bridgehead atoms. The first-order valence-electron chi connectivity index (χ1n) is 8.10. The smallest absolute Gasteiger partial charge is 0.387 e. The number of fused-ring (bicyclic) bond motifs is 1. The number of aromatic nitrogens is 3. The number of nitrogens with zero attached hydrogens (tertiary/aromatic N) is 3. The summed E-state index contributed by atoms with van der Waals surface area (Å²) in [7, 11) is 0. The molecule has 27 heavy (non-hydrogen) atoms. The molecule has 9 heteroatoms. The average Bonchev–Trinajstić information content (AvgIpc) is 2.64. The Balaban J connectivity index is 1.67. The van der Waals surface area contributed by atoms with Crippen molar-refractivity contribution in [2.45, 2.75) is 26.1 Å². The number of hydrogen-bond acceptors (Lipinski definition) is 5. The predicted octanol–water partition coefficient (Wildman–Crippen LogP) is 2.27. The Kier molecular flexibility index (Phi) is 5.39. The summed E-state index contributed by atoms with van der Waals surface area (Å²) in [5.74, 6) is -0.396. The SMILES string of the molecule is CC(NC(=O)Cn1nnc2ccccc2c1=O)c1ccc(OC(F)F)cc1. The number of amides is 1. The van der Waals surface area contributed by atoms with Gasteiger partial charge >= 0.3 is 6.61 Å². The van der Waals surface area contributed by atoms with Crippen LogP contribution in [0.1, 0.15) is 18.5 Å². The number of rotatable bonds is 6. The Bertz CT molecular complexity index is 1010. The molecular weight excluding hydrogens is 358 g/mol. The van der Waals surface area contributed by atoms with Crippen LogP contribution < -0.4 is 15.6 Å². The summed E-state index contributed by atoms with van der Waals surface area (Å²) >= 11 is 0. The first-order valence-corrected chi connectivity index (χ1v) is 8.10. The molecule has 1 atom stereocenters. The van der Waals surface area contributed by atoms with Gasteiger partial charge in [0.15, 0.2) is 0 Å². The van der Waals surface area contributed by atoms with Gasteiger partial charge in [0.1, 0.15) is 17.8 Å². The van der Waals surface area contributed by atoms with Crippen molar-refractivity contribution in [3.8, 4) is 5.75 Å². The van der Waals surface area contributed by atoms with Gasteiger partial charge in [0.2, 0.25) is 5.91 Å². The van der Waals surface area contributed by atoms with Gasteiger partial charge in [0.05, 0.1) is 11.4 Å². The van der Waals surface area contributed by atoms with Crippen LogP contribution >= 0.6 is 0 Å². The fraction of sp³-hybridized carbons (Fsp3) is 0.222. The normalized spacial score (nSPS) is 12.1. The van der Waals surface area contributed by atoms with Crippen molar-refractivity contribution in [1.82, 2.24) is 20.3 Å². The van der Waals surface area contributed by atoms with E-state index in [4.69, 9.17) is 0 Å². The average molecular weight is 374 g/mol. The van der Waals surface area contributed by atoms with E-state index in [0.717, 1.165) is 4.68 Å². The number of alkyl halides is 2. The van der Waals surface area contributed by atoms with E-state index in [-0.39, 0.29) is 12.3 Å². The highest BCUT2D eigenvalue weighted by molar-refractivity contribution is 5.78. The van der Waals surface area contributed by atoms with Gasteiger partial charge in [0.25, 0.3) is 5.56 Å². The highest BCUT2D eigenvalue weighted by atomic mass is 19.3. The Hall–Kier alpha value is -3.36. The summed E-state index contributed by atoms with van der Waals surface area (Å²) in [6.45, 7) is -1.45. The number of carbonyl (C=O) groups is 1. The highest BCUT2D eigenvalue weighted by Crippen LogP contribution is 2.19. The second-order valence-corrected chi connectivity index (χ2v) is 5.81. The molecule has 0 spiro atoms. The molecule has 1 N–H and O–H groups in total. The first kappa shape index (κ1) is 18.4. The van der Waals surface area contributed by atoms with Crippen molar-refractivity contribution in [1.29, 1.82) is 0 Å². The summed E-state index contributed by atoms with van der Waals surface area (Å²) in [5.41, 5.74) is 0.748. The molecule has 1 aromatic heterocycles. The molecule has 7 nitrogen and oxygen atoms in total. The van der Waals surface area contributed by atoms with Gasteiger partial charge in [-0.3, -0.25) is 9.59 Å². The van der Waals surface area contributed by atoms with Crippen molar-refractivity contribution in [2.24, 2.45) is 0 Å². The molecule has 1 amide bonds. The number of nitrogens with one attached hydrogen (secondary N) is 1. The zero-order valence-electron chi connectivity index (χ0n) is 14.3. The molecule has 140 valence electrons. The Morgan fingerprint density at radius 1 is 1.19 bits per heavy atom. The van der Waals surface area contributed by atoms with Crippen LogP contribution in [0.2, 0.25) is 0 Å². The quantitative estimate of drug-likeness (QED) is 0.715. The lowest BCUT2D eigenvalue weighted by atomic mass is 10.1. The van der Waals surface area contributed by atoms with E-state index in [2.05, 4.69) is 20.4 Å². The Morgan fingerprint density at radius 2 is 1.89 bits per heavy atom. The number of benzene rings is 2. The lowest BCUT2D eigenvalue weighted by Crippen LogP contribution is -2.35.